The molecule has 17 heteroatoms. The number of nitrogens with one attached hydrogen (secondary N) is 2. The van der Waals surface area contributed by atoms with Crippen LogP contribution in [0.2, 0.25) is 13.6 Å². The number of carbonyl (C=O) groups excluding carboxylic acids is 1. The summed E-state index contributed by atoms with van der Waals surface area (Å²) < 4.78 is 19.5. The molecule has 49 heavy (non-hydrogen) atoms. The summed E-state index contributed by atoms with van der Waals surface area (Å²) in [6.45, 7) is 10.9. The molecule has 2 fully saturated rings. The molecule has 12 nitrogen and oxygen atoms in total. The Labute approximate surface area is 295 Å². The summed E-state index contributed by atoms with van der Waals surface area (Å²) >= 11 is 2.81. The molecule has 5 heterocycles. The summed E-state index contributed by atoms with van der Waals surface area (Å²) in [4.78, 5) is 31.5. The van der Waals surface area contributed by atoms with Crippen LogP contribution in [0, 0.1) is 5.82 Å². The largest absolute Gasteiger partial charge is 0.490 e. The van der Waals surface area contributed by atoms with Crippen LogP contribution in [0.4, 0.5) is 20.5 Å². The highest BCUT2D eigenvalue weighted by Gasteiger charge is 2.22. The molecule has 0 bridgehead atoms. The molecule has 0 saturated carbocycles. The monoisotopic (exact) mass is 708 g/mol. The molecule has 0 unspecified atom stereocenters. The third-order valence-electron chi connectivity index (χ3n) is 8.03. The number of likely N-dealkylation sites (tertiary alicyclic amines) is 1. The second kappa shape index (κ2) is 18.4. The molecule has 2 saturated heterocycles. The first-order chi connectivity index (χ1) is 23.7. The number of aldehydes is 1. The number of carbonyl (C=O) groups is 1. The molecule has 4 aromatic rings. The SMILES string of the molecule is CB(O)Nc1ncc(C=O)s1.CB(O)Nc1ncc(CN2CCC(Oc3ccc(CN4CCCN(c5ccc(F)cn5)CC4)cc3)CC2)s1. The number of ether oxygens (including phenoxy) is 1. The van der Waals surface area contributed by atoms with Gasteiger partial charge in [-0.25, -0.2) is 19.3 Å². The van der Waals surface area contributed by atoms with E-state index < -0.39 is 14.1 Å². The number of aromatic nitrogens is 3. The third kappa shape index (κ3) is 12.0. The van der Waals surface area contributed by atoms with E-state index in [0.717, 1.165) is 94.6 Å². The molecule has 0 spiro atoms. The summed E-state index contributed by atoms with van der Waals surface area (Å²) in [6, 6.07) is 11.8. The van der Waals surface area contributed by atoms with Crippen molar-refractivity contribution in [2.45, 2.75) is 52.1 Å². The third-order valence-corrected chi connectivity index (χ3v) is 9.80. The summed E-state index contributed by atoms with van der Waals surface area (Å²) in [5, 5.41) is 25.2. The maximum absolute atomic E-state index is 13.2. The van der Waals surface area contributed by atoms with Crippen molar-refractivity contribution in [3.05, 3.63) is 76.1 Å². The van der Waals surface area contributed by atoms with Gasteiger partial charge in [0.15, 0.2) is 16.5 Å². The van der Waals surface area contributed by atoms with Crippen molar-refractivity contribution < 1.29 is 24.0 Å². The fourth-order valence-corrected chi connectivity index (χ4v) is 7.30. The zero-order chi connectivity index (χ0) is 34.6. The van der Waals surface area contributed by atoms with Crippen molar-refractivity contribution in [3.63, 3.8) is 0 Å². The van der Waals surface area contributed by atoms with Crippen LogP contribution in [0.25, 0.3) is 0 Å². The van der Waals surface area contributed by atoms with Crippen LogP contribution >= 0.6 is 22.7 Å². The second-order valence-corrected chi connectivity index (χ2v) is 14.3. The number of rotatable bonds is 12. The minimum absolute atomic E-state index is 0.239. The normalized spacial score (nSPS) is 15.9. The first kappa shape index (κ1) is 36.7. The predicted molar refractivity (Wildman–Crippen MR) is 196 cm³/mol. The van der Waals surface area contributed by atoms with E-state index in [1.165, 1.54) is 40.2 Å². The van der Waals surface area contributed by atoms with Gasteiger partial charge in [-0.2, -0.15) is 0 Å². The van der Waals surface area contributed by atoms with E-state index in [4.69, 9.17) is 9.76 Å². The molecule has 6 rings (SSSR count). The van der Waals surface area contributed by atoms with E-state index >= 15 is 0 Å². The maximum Gasteiger partial charge on any atom is 0.408 e. The summed E-state index contributed by atoms with van der Waals surface area (Å²) in [6.07, 6.45) is 8.68. The smallest absolute Gasteiger partial charge is 0.408 e. The Balaban J connectivity index is 0.000000363. The summed E-state index contributed by atoms with van der Waals surface area (Å²) in [5.41, 5.74) is 1.29. The van der Waals surface area contributed by atoms with Gasteiger partial charge in [0.1, 0.15) is 23.5 Å². The van der Waals surface area contributed by atoms with Gasteiger partial charge in [-0.05, 0) is 62.7 Å². The molecule has 0 atom stereocenters. The van der Waals surface area contributed by atoms with Crippen LogP contribution in [-0.4, -0.2) is 101 Å². The zero-order valence-corrected chi connectivity index (χ0v) is 29.5. The van der Waals surface area contributed by atoms with Gasteiger partial charge in [-0.3, -0.25) is 14.6 Å². The van der Waals surface area contributed by atoms with E-state index in [2.05, 4.69) is 64.4 Å². The molecule has 0 amide bonds. The Morgan fingerprint density at radius 3 is 2.20 bits per heavy atom. The Morgan fingerprint density at radius 1 is 0.857 bits per heavy atom. The Morgan fingerprint density at radius 2 is 1.55 bits per heavy atom. The number of halogens is 1. The lowest BCUT2D eigenvalue weighted by Crippen LogP contribution is -2.37. The molecular formula is C32H43B2FN8O4S2. The quantitative estimate of drug-likeness (QED) is 0.122. The van der Waals surface area contributed by atoms with Gasteiger partial charge < -0.3 is 30.1 Å². The Kier molecular flexibility index (Phi) is 13.8. The molecule has 260 valence electrons. The average Bonchev–Trinajstić information content (AvgIpc) is 3.66. The van der Waals surface area contributed by atoms with Gasteiger partial charge in [0, 0.05) is 63.4 Å². The Hall–Kier alpha value is -3.60. The van der Waals surface area contributed by atoms with Crippen LogP contribution in [-0.2, 0) is 13.1 Å². The molecule has 3 aromatic heterocycles. The van der Waals surface area contributed by atoms with E-state index in [-0.39, 0.29) is 11.9 Å². The average molecular weight is 709 g/mol. The van der Waals surface area contributed by atoms with Crippen LogP contribution in [0.15, 0.2) is 55.0 Å². The molecule has 2 aliphatic rings. The van der Waals surface area contributed by atoms with Crippen LogP contribution in [0.1, 0.15) is 39.4 Å². The molecular weight excluding hydrogens is 665 g/mol. The van der Waals surface area contributed by atoms with Crippen LogP contribution < -0.4 is 20.1 Å². The maximum atomic E-state index is 13.2. The van der Waals surface area contributed by atoms with Gasteiger partial charge in [0.25, 0.3) is 0 Å². The van der Waals surface area contributed by atoms with E-state index in [0.29, 0.717) is 10.0 Å². The number of thiazole rings is 2. The minimum Gasteiger partial charge on any atom is -0.490 e. The lowest BCUT2D eigenvalue weighted by Gasteiger charge is -2.31. The van der Waals surface area contributed by atoms with Crippen LogP contribution in [0.5, 0.6) is 5.75 Å². The van der Waals surface area contributed by atoms with E-state index in [1.807, 2.05) is 6.20 Å². The van der Waals surface area contributed by atoms with Crippen LogP contribution in [0.3, 0.4) is 0 Å². The van der Waals surface area contributed by atoms with Gasteiger partial charge in [0.05, 0.1) is 17.3 Å². The highest BCUT2D eigenvalue weighted by molar-refractivity contribution is 7.17. The number of anilines is 3. The Bertz CT molecular complexity index is 1570. The van der Waals surface area contributed by atoms with Gasteiger partial charge in [-0.1, -0.05) is 23.5 Å². The minimum atomic E-state index is -0.638. The van der Waals surface area contributed by atoms with Crippen molar-refractivity contribution in [1.82, 2.24) is 24.8 Å². The molecule has 4 N–H and O–H groups in total. The van der Waals surface area contributed by atoms with Crippen molar-refractivity contribution in [2.24, 2.45) is 0 Å². The topological polar surface area (TPSA) is 139 Å². The number of pyridine rings is 1. The standard InChI is InChI=1S/C27H36BFN6O2S.C5H7BN2O2S/c1-28(36)32-27-31-18-25(38-27)20-34-13-9-24(10-14-34)37-23-6-3-21(4-7-23)19-33-11-2-12-35(16-15-33)26-8-5-22(29)17-30-26;1-6(10)8-5-7-2-4(3-9)11-5/h3-8,17-18,24,36H,2,9-16,19-20H2,1H3,(H,31,32);2-3,10H,1H3,(H,7,8). The first-order valence-corrected chi connectivity index (χ1v) is 18.2. The van der Waals surface area contributed by atoms with Gasteiger partial charge in [-0.15, -0.1) is 11.3 Å². The summed E-state index contributed by atoms with van der Waals surface area (Å²) in [5.74, 6) is 1.49. The van der Waals surface area contributed by atoms with E-state index in [1.54, 1.807) is 31.0 Å². The zero-order valence-electron chi connectivity index (χ0n) is 27.9. The fourth-order valence-electron chi connectivity index (χ4n) is 5.66. The molecule has 0 aliphatic carbocycles. The lowest BCUT2D eigenvalue weighted by molar-refractivity contribution is 0.0973. The van der Waals surface area contributed by atoms with Crippen molar-refractivity contribution in [2.75, 3.05) is 54.6 Å². The highest BCUT2D eigenvalue weighted by Crippen LogP contribution is 2.24. The number of nitrogens with zero attached hydrogens (tertiary/aromatic N) is 6. The van der Waals surface area contributed by atoms with Gasteiger partial charge >= 0.3 is 14.1 Å². The number of hydrogen-bond acceptors (Lipinski definition) is 14. The van der Waals surface area contributed by atoms with Crippen molar-refractivity contribution >= 4 is 59.1 Å². The predicted octanol–water partition coefficient (Wildman–Crippen LogP) is 4.43. The lowest BCUT2D eigenvalue weighted by atomic mass is 9.90. The first-order valence-electron chi connectivity index (χ1n) is 16.5. The number of piperidine rings is 1. The number of benzene rings is 1. The summed E-state index contributed by atoms with van der Waals surface area (Å²) in [7, 11) is -1.23. The van der Waals surface area contributed by atoms with Crippen molar-refractivity contribution in [3.8, 4) is 5.75 Å². The second-order valence-electron chi connectivity index (χ2n) is 12.1. The van der Waals surface area contributed by atoms with E-state index in [9.17, 15) is 14.2 Å². The molecule has 2 aliphatic heterocycles. The van der Waals surface area contributed by atoms with Crippen molar-refractivity contribution in [1.29, 1.82) is 0 Å². The fraction of sp³-hybridized carbons (Fsp3) is 0.438. The molecule has 0 radical (unpaired) electrons. The highest BCUT2D eigenvalue weighted by atomic mass is 32.1. The van der Waals surface area contributed by atoms with Gasteiger partial charge in [0.2, 0.25) is 0 Å². The number of hydrogen-bond donors (Lipinski definition) is 4. The molecule has 1 aromatic carbocycles.